The van der Waals surface area contributed by atoms with E-state index in [0.29, 0.717) is 24.4 Å². The molecule has 1 aliphatic carbocycles. The highest BCUT2D eigenvalue weighted by Gasteiger charge is 2.14. The van der Waals surface area contributed by atoms with Gasteiger partial charge in [-0.15, -0.1) is 0 Å². The normalized spacial score (nSPS) is 15.9. The van der Waals surface area contributed by atoms with E-state index >= 15 is 0 Å². The zero-order valence-corrected chi connectivity index (χ0v) is 12.9. The van der Waals surface area contributed by atoms with Crippen LogP contribution < -0.4 is 14.8 Å². The molecule has 1 aromatic heterocycles. The zero-order valence-electron chi connectivity index (χ0n) is 12.9. The Balaban J connectivity index is 1.72. The molecule has 6 heteroatoms. The largest absolute Gasteiger partial charge is 0.481 e. The van der Waals surface area contributed by atoms with Gasteiger partial charge in [0.2, 0.25) is 11.8 Å². The molecule has 6 nitrogen and oxygen atoms in total. The molecule has 0 aromatic carbocycles. The molecule has 2 rings (SSSR count). The van der Waals surface area contributed by atoms with Crippen molar-refractivity contribution in [2.45, 2.75) is 44.8 Å². The van der Waals surface area contributed by atoms with Gasteiger partial charge in [-0.1, -0.05) is 19.3 Å². The molecule has 0 atom stereocenters. The van der Waals surface area contributed by atoms with Crippen molar-refractivity contribution < 1.29 is 14.2 Å². The summed E-state index contributed by atoms with van der Waals surface area (Å²) in [5.74, 6) is 1.09. The lowest BCUT2D eigenvalue weighted by Crippen LogP contribution is -2.24. The highest BCUT2D eigenvalue weighted by atomic mass is 16.5. The molecule has 21 heavy (non-hydrogen) atoms. The van der Waals surface area contributed by atoms with E-state index in [0.717, 1.165) is 18.7 Å². The molecule has 1 fully saturated rings. The quantitative estimate of drug-likeness (QED) is 0.739. The molecular weight excluding hydrogens is 270 g/mol. The van der Waals surface area contributed by atoms with Gasteiger partial charge in [-0.25, -0.2) is 9.97 Å². The Bertz CT molecular complexity index is 400. The zero-order chi connectivity index (χ0) is 14.9. The molecule has 0 unspecified atom stereocenters. The van der Waals surface area contributed by atoms with E-state index in [1.165, 1.54) is 38.4 Å². The van der Waals surface area contributed by atoms with Crippen molar-refractivity contribution in [2.24, 2.45) is 0 Å². The molecule has 0 aliphatic heterocycles. The van der Waals surface area contributed by atoms with Crippen LogP contribution in [-0.2, 0) is 11.3 Å². The summed E-state index contributed by atoms with van der Waals surface area (Å²) >= 11 is 0. The minimum atomic E-state index is 0.449. The lowest BCUT2D eigenvalue weighted by Gasteiger charge is -2.22. The van der Waals surface area contributed by atoms with Crippen LogP contribution in [0.4, 0.5) is 0 Å². The first-order valence-corrected chi connectivity index (χ1v) is 7.59. The van der Waals surface area contributed by atoms with Crippen molar-refractivity contribution >= 4 is 0 Å². The molecular formula is C15H25N3O3. The summed E-state index contributed by atoms with van der Waals surface area (Å²) in [4.78, 5) is 8.19. The maximum Gasteiger partial charge on any atom is 0.224 e. The third kappa shape index (κ3) is 4.82. The Morgan fingerprint density at radius 1 is 1.10 bits per heavy atom. The second kappa shape index (κ2) is 8.79. The van der Waals surface area contributed by atoms with E-state index in [1.807, 2.05) is 0 Å². The Kier molecular flexibility index (Phi) is 6.69. The van der Waals surface area contributed by atoms with Crippen LogP contribution in [0.3, 0.4) is 0 Å². The number of aromatic nitrogens is 2. The number of hydrogen-bond donors (Lipinski definition) is 1. The summed E-state index contributed by atoms with van der Waals surface area (Å²) in [6.45, 7) is 2.11. The summed E-state index contributed by atoms with van der Waals surface area (Å²) in [6.07, 6.45) is 8.24. The second-order valence-electron chi connectivity index (χ2n) is 5.18. The third-order valence-corrected chi connectivity index (χ3v) is 3.74. The number of hydrogen-bond acceptors (Lipinski definition) is 6. The molecule has 1 aliphatic rings. The average molecular weight is 295 g/mol. The summed E-state index contributed by atoms with van der Waals surface area (Å²) < 4.78 is 16.4. The van der Waals surface area contributed by atoms with E-state index in [-0.39, 0.29) is 0 Å². The SMILES string of the molecule is COc1ncnc(OC)c1CNCCOC1CCCCC1. The van der Waals surface area contributed by atoms with Gasteiger partial charge in [-0.2, -0.15) is 0 Å². The fourth-order valence-corrected chi connectivity index (χ4v) is 2.63. The minimum absolute atomic E-state index is 0.449. The molecule has 1 saturated carbocycles. The monoisotopic (exact) mass is 295 g/mol. The standard InChI is InChI=1S/C15H25N3O3/c1-19-14-13(15(20-2)18-11-17-14)10-16-8-9-21-12-6-4-3-5-7-12/h11-12,16H,3-10H2,1-2H3. The van der Waals surface area contributed by atoms with Crippen LogP contribution >= 0.6 is 0 Å². The average Bonchev–Trinajstić information content (AvgIpc) is 2.55. The summed E-state index contributed by atoms with van der Waals surface area (Å²) in [5, 5.41) is 3.33. The molecule has 1 heterocycles. The predicted molar refractivity (Wildman–Crippen MR) is 79.7 cm³/mol. The lowest BCUT2D eigenvalue weighted by atomic mass is 9.98. The lowest BCUT2D eigenvalue weighted by molar-refractivity contribution is 0.0302. The number of rotatable bonds is 8. The molecule has 1 N–H and O–H groups in total. The van der Waals surface area contributed by atoms with E-state index in [9.17, 15) is 0 Å². The third-order valence-electron chi connectivity index (χ3n) is 3.74. The van der Waals surface area contributed by atoms with Crippen LogP contribution in [0.1, 0.15) is 37.7 Å². The summed E-state index contributed by atoms with van der Waals surface area (Å²) in [6, 6.07) is 0. The van der Waals surface area contributed by atoms with Gasteiger partial charge in [0.25, 0.3) is 0 Å². The number of ether oxygens (including phenoxy) is 3. The van der Waals surface area contributed by atoms with Crippen molar-refractivity contribution in [3.05, 3.63) is 11.9 Å². The highest BCUT2D eigenvalue weighted by Crippen LogP contribution is 2.23. The van der Waals surface area contributed by atoms with E-state index in [2.05, 4.69) is 15.3 Å². The van der Waals surface area contributed by atoms with Gasteiger partial charge in [0.1, 0.15) is 6.33 Å². The Morgan fingerprint density at radius 3 is 2.38 bits per heavy atom. The van der Waals surface area contributed by atoms with Gasteiger partial charge in [-0.05, 0) is 12.8 Å². The van der Waals surface area contributed by atoms with Crippen LogP contribution in [0.15, 0.2) is 6.33 Å². The number of nitrogens with zero attached hydrogens (tertiary/aromatic N) is 2. The van der Waals surface area contributed by atoms with Crippen molar-refractivity contribution in [3.63, 3.8) is 0 Å². The number of nitrogens with one attached hydrogen (secondary N) is 1. The fraction of sp³-hybridized carbons (Fsp3) is 0.733. The molecule has 0 saturated heterocycles. The maximum absolute atomic E-state index is 5.88. The maximum atomic E-state index is 5.88. The van der Waals surface area contributed by atoms with Crippen LogP contribution in [0.2, 0.25) is 0 Å². The topological polar surface area (TPSA) is 65.5 Å². The molecule has 0 spiro atoms. The molecule has 0 bridgehead atoms. The molecule has 0 radical (unpaired) electrons. The summed E-state index contributed by atoms with van der Waals surface area (Å²) in [5.41, 5.74) is 0.833. The van der Waals surface area contributed by atoms with Crippen LogP contribution in [0, 0.1) is 0 Å². The van der Waals surface area contributed by atoms with Gasteiger partial charge in [-0.3, -0.25) is 0 Å². The van der Waals surface area contributed by atoms with Gasteiger partial charge >= 0.3 is 0 Å². The van der Waals surface area contributed by atoms with Gasteiger partial charge in [0.05, 0.1) is 32.5 Å². The predicted octanol–water partition coefficient (Wildman–Crippen LogP) is 1.93. The van der Waals surface area contributed by atoms with Crippen LogP contribution in [-0.4, -0.2) is 43.4 Å². The highest BCUT2D eigenvalue weighted by molar-refractivity contribution is 5.34. The van der Waals surface area contributed by atoms with Gasteiger partial charge < -0.3 is 19.5 Å². The van der Waals surface area contributed by atoms with Crippen molar-refractivity contribution in [1.29, 1.82) is 0 Å². The fourth-order valence-electron chi connectivity index (χ4n) is 2.63. The van der Waals surface area contributed by atoms with E-state index in [1.54, 1.807) is 14.2 Å². The molecule has 118 valence electrons. The van der Waals surface area contributed by atoms with Gasteiger partial charge in [0, 0.05) is 13.1 Å². The Hall–Kier alpha value is -1.40. The second-order valence-corrected chi connectivity index (χ2v) is 5.18. The van der Waals surface area contributed by atoms with Crippen molar-refractivity contribution in [3.8, 4) is 11.8 Å². The first-order valence-electron chi connectivity index (χ1n) is 7.59. The van der Waals surface area contributed by atoms with Crippen LogP contribution in [0.5, 0.6) is 11.8 Å². The number of methoxy groups -OCH3 is 2. The Labute approximate surface area is 126 Å². The van der Waals surface area contributed by atoms with Gasteiger partial charge in [0.15, 0.2) is 0 Å². The first-order chi connectivity index (χ1) is 10.3. The van der Waals surface area contributed by atoms with Crippen molar-refractivity contribution in [1.82, 2.24) is 15.3 Å². The molecule has 1 aromatic rings. The summed E-state index contributed by atoms with van der Waals surface area (Å²) in [7, 11) is 3.19. The Morgan fingerprint density at radius 2 is 1.76 bits per heavy atom. The first kappa shape index (κ1) is 16.0. The van der Waals surface area contributed by atoms with Crippen LogP contribution in [0.25, 0.3) is 0 Å². The minimum Gasteiger partial charge on any atom is -0.481 e. The van der Waals surface area contributed by atoms with E-state index < -0.39 is 0 Å². The smallest absolute Gasteiger partial charge is 0.224 e. The van der Waals surface area contributed by atoms with E-state index in [4.69, 9.17) is 14.2 Å². The molecule has 0 amide bonds. The van der Waals surface area contributed by atoms with Crippen molar-refractivity contribution in [2.75, 3.05) is 27.4 Å².